The van der Waals surface area contributed by atoms with Gasteiger partial charge in [-0.25, -0.2) is 0 Å². The van der Waals surface area contributed by atoms with Gasteiger partial charge in [0.15, 0.2) is 0 Å². The van der Waals surface area contributed by atoms with E-state index in [-0.39, 0.29) is 5.69 Å². The van der Waals surface area contributed by atoms with Crippen LogP contribution in [0.25, 0.3) is 0 Å². The van der Waals surface area contributed by atoms with Gasteiger partial charge >= 0.3 is 6.18 Å². The van der Waals surface area contributed by atoms with E-state index in [0.29, 0.717) is 15.2 Å². The normalized spacial score (nSPS) is 11.0. The summed E-state index contributed by atoms with van der Waals surface area (Å²) < 4.78 is 39.3. The van der Waals surface area contributed by atoms with Gasteiger partial charge in [0.05, 0.1) is 22.9 Å². The maximum absolute atomic E-state index is 12.9. The van der Waals surface area contributed by atoms with Crippen molar-refractivity contribution in [2.24, 2.45) is 0 Å². The smallest absolute Gasteiger partial charge is 0.355 e. The van der Waals surface area contributed by atoms with Crippen molar-refractivity contribution in [3.63, 3.8) is 0 Å². The highest BCUT2D eigenvalue weighted by atomic mass is 79.9. The molecule has 2 aromatic rings. The average Bonchev–Trinajstić information content (AvgIpc) is 2.42. The van der Waals surface area contributed by atoms with E-state index in [1.54, 1.807) is 18.2 Å². The van der Waals surface area contributed by atoms with Crippen LogP contribution >= 0.6 is 27.5 Å². The number of nitriles is 1. The Morgan fingerprint density at radius 2 is 1.86 bits per heavy atom. The topological polar surface area (TPSA) is 35.8 Å². The highest BCUT2D eigenvalue weighted by Gasteiger charge is 2.33. The fourth-order valence-electron chi connectivity index (χ4n) is 1.70. The van der Waals surface area contributed by atoms with E-state index < -0.39 is 17.3 Å². The maximum atomic E-state index is 12.9. The van der Waals surface area contributed by atoms with Crippen molar-refractivity contribution in [3.8, 4) is 6.07 Å². The highest BCUT2D eigenvalue weighted by molar-refractivity contribution is 9.10. The summed E-state index contributed by atoms with van der Waals surface area (Å²) in [7, 11) is 0. The first-order chi connectivity index (χ1) is 9.81. The number of halogens is 5. The zero-order valence-corrected chi connectivity index (χ0v) is 12.6. The Bertz CT molecular complexity index is 723. The molecule has 0 heterocycles. The van der Waals surface area contributed by atoms with Crippen molar-refractivity contribution in [1.29, 1.82) is 5.26 Å². The van der Waals surface area contributed by atoms with E-state index >= 15 is 0 Å². The number of alkyl halides is 3. The third-order valence-electron chi connectivity index (χ3n) is 2.65. The molecule has 0 bridgehead atoms. The van der Waals surface area contributed by atoms with E-state index in [0.717, 1.165) is 12.1 Å². The summed E-state index contributed by atoms with van der Waals surface area (Å²) >= 11 is 9.13. The molecule has 0 amide bonds. The monoisotopic (exact) mass is 374 g/mol. The maximum Gasteiger partial charge on any atom is 0.417 e. The predicted molar refractivity (Wildman–Crippen MR) is 78.6 cm³/mol. The molecule has 0 aliphatic rings. The molecule has 0 atom stereocenters. The molecule has 0 aromatic heterocycles. The molecule has 0 aliphatic carbocycles. The molecular weight excluding hydrogens is 369 g/mol. The van der Waals surface area contributed by atoms with E-state index in [1.807, 2.05) is 0 Å². The summed E-state index contributed by atoms with van der Waals surface area (Å²) in [6.45, 7) is 0. The molecule has 21 heavy (non-hydrogen) atoms. The minimum atomic E-state index is -4.59. The molecule has 0 saturated carbocycles. The van der Waals surface area contributed by atoms with E-state index in [4.69, 9.17) is 16.9 Å². The summed E-state index contributed by atoms with van der Waals surface area (Å²) in [5.74, 6) is 0. The minimum absolute atomic E-state index is 0.212. The molecule has 108 valence electrons. The lowest BCUT2D eigenvalue weighted by Crippen LogP contribution is -2.08. The summed E-state index contributed by atoms with van der Waals surface area (Å²) in [5.41, 5.74) is -0.656. The van der Waals surface area contributed by atoms with Gasteiger partial charge in [-0.15, -0.1) is 0 Å². The molecule has 0 radical (unpaired) electrons. The van der Waals surface area contributed by atoms with Gasteiger partial charge in [-0.1, -0.05) is 11.6 Å². The lowest BCUT2D eigenvalue weighted by Gasteiger charge is -2.13. The molecule has 7 heteroatoms. The number of rotatable bonds is 2. The Morgan fingerprint density at radius 3 is 2.48 bits per heavy atom. The predicted octanol–water partition coefficient (Wildman–Crippen LogP) is 5.74. The van der Waals surface area contributed by atoms with Gasteiger partial charge < -0.3 is 5.32 Å². The fraction of sp³-hybridized carbons (Fsp3) is 0.0714. The number of benzene rings is 2. The Kier molecular flexibility index (Phi) is 4.45. The van der Waals surface area contributed by atoms with Crippen LogP contribution < -0.4 is 5.32 Å². The van der Waals surface area contributed by atoms with Crippen LogP contribution in [0.1, 0.15) is 11.1 Å². The lowest BCUT2D eigenvalue weighted by atomic mass is 10.1. The standard InChI is InChI=1S/C14H7BrClF3N2/c15-12-4-2-9(16)5-13(12)21-10-3-1-8(7-20)11(6-10)14(17,18)19/h1-6,21H. The van der Waals surface area contributed by atoms with Crippen molar-refractivity contribution in [3.05, 3.63) is 57.0 Å². The first-order valence-electron chi connectivity index (χ1n) is 5.64. The van der Waals surface area contributed by atoms with Crippen LogP contribution in [0, 0.1) is 11.3 Å². The van der Waals surface area contributed by atoms with Gasteiger partial charge in [-0.05, 0) is 52.3 Å². The Hall–Kier alpha value is -1.71. The molecule has 2 rings (SSSR count). The average molecular weight is 376 g/mol. The fourth-order valence-corrected chi connectivity index (χ4v) is 2.22. The Balaban J connectivity index is 2.42. The quantitative estimate of drug-likeness (QED) is 0.727. The number of anilines is 2. The van der Waals surface area contributed by atoms with Gasteiger partial charge in [-0.2, -0.15) is 18.4 Å². The summed E-state index contributed by atoms with van der Waals surface area (Å²) in [4.78, 5) is 0. The molecule has 0 unspecified atom stereocenters. The SMILES string of the molecule is N#Cc1ccc(Nc2cc(Cl)ccc2Br)cc1C(F)(F)F. The van der Waals surface area contributed by atoms with Crippen molar-refractivity contribution in [2.45, 2.75) is 6.18 Å². The zero-order valence-electron chi connectivity index (χ0n) is 10.3. The van der Waals surface area contributed by atoms with Gasteiger partial charge in [0, 0.05) is 15.2 Å². The van der Waals surface area contributed by atoms with Crippen LogP contribution in [0.4, 0.5) is 24.5 Å². The summed E-state index contributed by atoms with van der Waals surface area (Å²) in [6.07, 6.45) is -4.59. The van der Waals surface area contributed by atoms with Crippen LogP contribution in [0.5, 0.6) is 0 Å². The van der Waals surface area contributed by atoms with E-state index in [2.05, 4.69) is 21.2 Å². The second-order valence-electron chi connectivity index (χ2n) is 4.12. The Morgan fingerprint density at radius 1 is 1.14 bits per heavy atom. The molecule has 0 spiro atoms. The van der Waals surface area contributed by atoms with Gasteiger partial charge in [0.25, 0.3) is 0 Å². The van der Waals surface area contributed by atoms with E-state index in [9.17, 15) is 13.2 Å². The molecule has 0 fully saturated rings. The van der Waals surface area contributed by atoms with Crippen molar-refractivity contribution in [1.82, 2.24) is 0 Å². The molecule has 2 aromatic carbocycles. The summed E-state index contributed by atoms with van der Waals surface area (Å²) in [6, 6.07) is 9.87. The van der Waals surface area contributed by atoms with Crippen molar-refractivity contribution < 1.29 is 13.2 Å². The first-order valence-corrected chi connectivity index (χ1v) is 6.82. The number of hydrogen-bond donors (Lipinski definition) is 1. The third-order valence-corrected chi connectivity index (χ3v) is 3.58. The number of hydrogen-bond acceptors (Lipinski definition) is 2. The van der Waals surface area contributed by atoms with Gasteiger partial charge in [0.1, 0.15) is 0 Å². The van der Waals surface area contributed by atoms with Crippen LogP contribution in [0.2, 0.25) is 5.02 Å². The molecule has 1 N–H and O–H groups in total. The highest BCUT2D eigenvalue weighted by Crippen LogP contribution is 2.35. The zero-order chi connectivity index (χ0) is 15.6. The Labute approximate surface area is 132 Å². The van der Waals surface area contributed by atoms with Crippen molar-refractivity contribution in [2.75, 3.05) is 5.32 Å². The third kappa shape index (κ3) is 3.69. The number of nitrogens with zero attached hydrogens (tertiary/aromatic N) is 1. The largest absolute Gasteiger partial charge is 0.417 e. The van der Waals surface area contributed by atoms with Gasteiger partial charge in [-0.3, -0.25) is 0 Å². The van der Waals surface area contributed by atoms with Crippen LogP contribution in [0.3, 0.4) is 0 Å². The van der Waals surface area contributed by atoms with Crippen molar-refractivity contribution >= 4 is 38.9 Å². The molecule has 0 saturated heterocycles. The number of nitrogens with one attached hydrogen (secondary N) is 1. The second kappa shape index (κ2) is 5.96. The molecule has 2 nitrogen and oxygen atoms in total. The molecular formula is C14H7BrClF3N2. The second-order valence-corrected chi connectivity index (χ2v) is 5.41. The van der Waals surface area contributed by atoms with Crippen LogP contribution in [0.15, 0.2) is 40.9 Å². The minimum Gasteiger partial charge on any atom is -0.355 e. The van der Waals surface area contributed by atoms with Gasteiger partial charge in [0.2, 0.25) is 0 Å². The van der Waals surface area contributed by atoms with E-state index in [1.165, 1.54) is 12.1 Å². The van der Waals surface area contributed by atoms with Crippen LogP contribution in [-0.4, -0.2) is 0 Å². The lowest BCUT2D eigenvalue weighted by molar-refractivity contribution is -0.137. The van der Waals surface area contributed by atoms with Crippen LogP contribution in [-0.2, 0) is 6.18 Å². The molecule has 0 aliphatic heterocycles. The summed E-state index contributed by atoms with van der Waals surface area (Å²) in [5, 5.41) is 12.0. The first kappa shape index (κ1) is 15.7.